The molecule has 0 amide bonds. The van der Waals surface area contributed by atoms with Crippen molar-refractivity contribution in [2.45, 2.75) is 6.61 Å². The van der Waals surface area contributed by atoms with Crippen molar-refractivity contribution >= 4 is 17.3 Å². The summed E-state index contributed by atoms with van der Waals surface area (Å²) in [6.45, 7) is 0.264. The number of benzene rings is 3. The van der Waals surface area contributed by atoms with Crippen LogP contribution in [0.2, 0.25) is 0 Å². The van der Waals surface area contributed by atoms with Crippen LogP contribution in [0.3, 0.4) is 0 Å². The predicted molar refractivity (Wildman–Crippen MR) is 109 cm³/mol. The lowest BCUT2D eigenvalue weighted by Crippen LogP contribution is -1.96. The van der Waals surface area contributed by atoms with Gasteiger partial charge in [-0.25, -0.2) is 0 Å². The van der Waals surface area contributed by atoms with Crippen LogP contribution in [0.25, 0.3) is 11.6 Å². The van der Waals surface area contributed by atoms with Gasteiger partial charge in [0.2, 0.25) is 0 Å². The summed E-state index contributed by atoms with van der Waals surface area (Å²) >= 11 is 0. The minimum Gasteiger partial charge on any atom is -0.489 e. The molecule has 0 unspecified atom stereocenters. The first kappa shape index (κ1) is 19.3. The standard InChI is InChI=1S/C23H15N3O3/c24-14-19-4-1-5-20(12-19)21(15-25)11-18-3-2-6-23(13-18)29-16-17-7-9-22(10-8-17)26(27)28/h1-13H,16H2/b21-11-. The molecule has 0 aliphatic carbocycles. The fourth-order valence-electron chi connectivity index (χ4n) is 2.68. The fourth-order valence-corrected chi connectivity index (χ4v) is 2.68. The molecule has 0 fully saturated rings. The Labute approximate surface area is 167 Å². The van der Waals surface area contributed by atoms with E-state index in [1.165, 1.54) is 12.1 Å². The van der Waals surface area contributed by atoms with E-state index in [2.05, 4.69) is 12.1 Å². The molecule has 0 N–H and O–H groups in total. The van der Waals surface area contributed by atoms with Crippen LogP contribution in [0, 0.1) is 32.8 Å². The van der Waals surface area contributed by atoms with E-state index < -0.39 is 4.92 Å². The minimum atomic E-state index is -0.445. The maximum absolute atomic E-state index is 10.7. The van der Waals surface area contributed by atoms with Crippen LogP contribution in [0.1, 0.15) is 22.3 Å². The van der Waals surface area contributed by atoms with Crippen LogP contribution in [-0.4, -0.2) is 4.92 Å². The van der Waals surface area contributed by atoms with Gasteiger partial charge in [0.25, 0.3) is 5.69 Å². The number of nitro benzene ring substituents is 1. The van der Waals surface area contributed by atoms with Gasteiger partial charge in [0.15, 0.2) is 0 Å². The Morgan fingerprint density at radius 2 is 1.79 bits per heavy atom. The molecule has 0 saturated carbocycles. The zero-order valence-electron chi connectivity index (χ0n) is 15.3. The number of nitriles is 2. The third-order valence-corrected chi connectivity index (χ3v) is 4.14. The van der Waals surface area contributed by atoms with Crippen LogP contribution in [0.5, 0.6) is 5.75 Å². The number of nitro groups is 1. The van der Waals surface area contributed by atoms with E-state index in [-0.39, 0.29) is 12.3 Å². The smallest absolute Gasteiger partial charge is 0.269 e. The lowest BCUT2D eigenvalue weighted by molar-refractivity contribution is -0.384. The van der Waals surface area contributed by atoms with Crippen molar-refractivity contribution in [3.05, 3.63) is 105 Å². The molecule has 0 aromatic heterocycles. The highest BCUT2D eigenvalue weighted by Gasteiger charge is 2.06. The van der Waals surface area contributed by atoms with Gasteiger partial charge in [-0.2, -0.15) is 10.5 Å². The second-order valence-corrected chi connectivity index (χ2v) is 6.15. The van der Waals surface area contributed by atoms with Gasteiger partial charge in [0.05, 0.1) is 28.2 Å². The summed E-state index contributed by atoms with van der Waals surface area (Å²) in [5, 5.41) is 29.3. The molecule has 3 aromatic carbocycles. The van der Waals surface area contributed by atoms with Gasteiger partial charge in [-0.15, -0.1) is 0 Å². The van der Waals surface area contributed by atoms with Crippen LogP contribution >= 0.6 is 0 Å². The highest BCUT2D eigenvalue weighted by molar-refractivity contribution is 5.90. The molecule has 0 aliphatic heterocycles. The highest BCUT2D eigenvalue weighted by Crippen LogP contribution is 2.22. The Morgan fingerprint density at radius 3 is 2.48 bits per heavy atom. The van der Waals surface area contributed by atoms with Gasteiger partial charge in [0.1, 0.15) is 12.4 Å². The van der Waals surface area contributed by atoms with Crippen molar-refractivity contribution in [1.29, 1.82) is 10.5 Å². The summed E-state index contributed by atoms with van der Waals surface area (Å²) in [6.07, 6.45) is 1.73. The Kier molecular flexibility index (Phi) is 5.99. The molecular formula is C23H15N3O3. The summed E-state index contributed by atoms with van der Waals surface area (Å²) < 4.78 is 5.77. The zero-order chi connectivity index (χ0) is 20.6. The number of allylic oxidation sites excluding steroid dienone is 1. The van der Waals surface area contributed by atoms with Gasteiger partial charge >= 0.3 is 0 Å². The summed E-state index contributed by atoms with van der Waals surface area (Å²) in [6, 6.07) is 24.6. The van der Waals surface area contributed by atoms with E-state index in [1.807, 2.05) is 12.1 Å². The van der Waals surface area contributed by atoms with Gasteiger partial charge in [0, 0.05) is 12.1 Å². The number of hydrogen-bond acceptors (Lipinski definition) is 5. The first-order valence-corrected chi connectivity index (χ1v) is 8.67. The van der Waals surface area contributed by atoms with Crippen molar-refractivity contribution in [1.82, 2.24) is 0 Å². The molecule has 0 heterocycles. The maximum Gasteiger partial charge on any atom is 0.269 e. The van der Waals surface area contributed by atoms with E-state index in [0.717, 1.165) is 11.1 Å². The SMILES string of the molecule is N#C/C(=C/c1cccc(OCc2ccc([N+](=O)[O-])cc2)c1)c1cccc(C#N)c1. The van der Waals surface area contributed by atoms with Crippen molar-refractivity contribution in [2.24, 2.45) is 0 Å². The molecule has 0 atom stereocenters. The molecule has 6 nitrogen and oxygen atoms in total. The minimum absolute atomic E-state index is 0.0328. The van der Waals surface area contributed by atoms with Gasteiger partial charge in [-0.1, -0.05) is 24.3 Å². The topological polar surface area (TPSA) is 99.9 Å². The lowest BCUT2D eigenvalue weighted by Gasteiger charge is -2.07. The van der Waals surface area contributed by atoms with Crippen LogP contribution in [0.4, 0.5) is 5.69 Å². The lowest BCUT2D eigenvalue weighted by atomic mass is 10.0. The Balaban J connectivity index is 1.76. The number of hydrogen-bond donors (Lipinski definition) is 0. The molecular weight excluding hydrogens is 366 g/mol. The van der Waals surface area contributed by atoms with Gasteiger partial charge < -0.3 is 4.74 Å². The van der Waals surface area contributed by atoms with E-state index >= 15 is 0 Å². The van der Waals surface area contributed by atoms with Crippen molar-refractivity contribution in [3.63, 3.8) is 0 Å². The molecule has 0 radical (unpaired) electrons. The predicted octanol–water partition coefficient (Wildman–Crippen LogP) is 5.11. The molecule has 3 aromatic rings. The van der Waals surface area contributed by atoms with Crippen molar-refractivity contribution in [2.75, 3.05) is 0 Å². The highest BCUT2D eigenvalue weighted by atomic mass is 16.6. The summed E-state index contributed by atoms with van der Waals surface area (Å²) in [4.78, 5) is 10.3. The molecule has 0 saturated heterocycles. The zero-order valence-corrected chi connectivity index (χ0v) is 15.3. The molecule has 0 spiro atoms. The van der Waals surface area contributed by atoms with Crippen LogP contribution < -0.4 is 4.74 Å². The molecule has 0 bridgehead atoms. The van der Waals surface area contributed by atoms with Crippen molar-refractivity contribution < 1.29 is 9.66 Å². The van der Waals surface area contributed by atoms with Crippen LogP contribution in [-0.2, 0) is 6.61 Å². The maximum atomic E-state index is 10.7. The van der Waals surface area contributed by atoms with Gasteiger partial charge in [-0.3, -0.25) is 10.1 Å². The summed E-state index contributed by atoms with van der Waals surface area (Å²) in [7, 11) is 0. The quantitative estimate of drug-likeness (QED) is 0.256. The Hall–Kier alpha value is -4.42. The molecule has 140 valence electrons. The number of rotatable bonds is 6. The number of non-ortho nitro benzene ring substituents is 1. The van der Waals surface area contributed by atoms with Gasteiger partial charge in [-0.05, 0) is 59.2 Å². The summed E-state index contributed by atoms with van der Waals surface area (Å²) in [5.41, 5.74) is 3.22. The van der Waals surface area contributed by atoms with E-state index in [9.17, 15) is 15.4 Å². The van der Waals surface area contributed by atoms with E-state index in [1.54, 1.807) is 54.6 Å². The average Bonchev–Trinajstić information content (AvgIpc) is 2.76. The molecule has 6 heteroatoms. The Morgan fingerprint density at radius 1 is 1.03 bits per heavy atom. The molecule has 29 heavy (non-hydrogen) atoms. The largest absolute Gasteiger partial charge is 0.489 e. The second kappa shape index (κ2) is 8.98. The van der Waals surface area contributed by atoms with Crippen LogP contribution in [0.15, 0.2) is 72.8 Å². The normalized spacial score (nSPS) is 10.6. The number of ether oxygens (including phenoxy) is 1. The Bertz CT molecular complexity index is 1150. The first-order valence-electron chi connectivity index (χ1n) is 8.67. The van der Waals surface area contributed by atoms with E-state index in [0.29, 0.717) is 22.4 Å². The average molecular weight is 381 g/mol. The summed E-state index contributed by atoms with van der Waals surface area (Å²) in [5.74, 6) is 0.611. The van der Waals surface area contributed by atoms with Crippen molar-refractivity contribution in [3.8, 4) is 17.9 Å². The first-order chi connectivity index (χ1) is 14.1. The monoisotopic (exact) mass is 381 g/mol. The molecule has 0 aliphatic rings. The third-order valence-electron chi connectivity index (χ3n) is 4.14. The molecule has 3 rings (SSSR count). The fraction of sp³-hybridized carbons (Fsp3) is 0.0435. The van der Waals surface area contributed by atoms with E-state index in [4.69, 9.17) is 10.00 Å². The second-order valence-electron chi connectivity index (χ2n) is 6.15. The third kappa shape index (κ3) is 5.06. The number of nitrogens with zero attached hydrogens (tertiary/aromatic N) is 3.